The molecule has 0 saturated heterocycles. The molecule has 2 N–H and O–H groups in total. The van der Waals surface area contributed by atoms with Crippen molar-refractivity contribution in [2.45, 2.75) is 6.92 Å². The minimum atomic E-state index is -0.432. The summed E-state index contributed by atoms with van der Waals surface area (Å²) in [6.45, 7) is 1.04. The van der Waals surface area contributed by atoms with Gasteiger partial charge in [-0.2, -0.15) is 0 Å². The van der Waals surface area contributed by atoms with Gasteiger partial charge in [0.15, 0.2) is 23.9 Å². The van der Waals surface area contributed by atoms with Crippen LogP contribution in [-0.4, -0.2) is 37.9 Å². The smallest absolute Gasteiger partial charge is 0.258 e. The lowest BCUT2D eigenvalue weighted by Gasteiger charge is -2.10. The monoisotopic (exact) mass is 356 g/mol. The minimum absolute atomic E-state index is 0.0508. The van der Waals surface area contributed by atoms with Crippen LogP contribution in [0.5, 0.6) is 11.5 Å². The highest BCUT2D eigenvalue weighted by atomic mass is 16.5. The van der Waals surface area contributed by atoms with Crippen LogP contribution >= 0.6 is 0 Å². The highest BCUT2D eigenvalue weighted by molar-refractivity contribution is 5.96. The fourth-order valence-electron chi connectivity index (χ4n) is 2.10. The number of Topliss-reactive ketones (excluding diaryl/α,β-unsaturated/α-hetero) is 1. The molecule has 0 radical (unpaired) electrons. The zero-order valence-corrected chi connectivity index (χ0v) is 14.6. The van der Waals surface area contributed by atoms with E-state index in [-0.39, 0.29) is 24.8 Å². The van der Waals surface area contributed by atoms with E-state index in [0.717, 1.165) is 0 Å². The van der Waals surface area contributed by atoms with Gasteiger partial charge in [0.05, 0.1) is 13.7 Å². The molecule has 0 unspecified atom stereocenters. The number of methoxy groups -OCH3 is 1. The Morgan fingerprint density at radius 2 is 1.58 bits per heavy atom. The summed E-state index contributed by atoms with van der Waals surface area (Å²) in [5.74, 6) is 0.0987. The predicted octanol–water partition coefficient (Wildman–Crippen LogP) is 2.03. The molecule has 0 aliphatic heterocycles. The van der Waals surface area contributed by atoms with Crippen LogP contribution < -0.4 is 20.1 Å². The van der Waals surface area contributed by atoms with Crippen LogP contribution in [0.25, 0.3) is 0 Å². The third kappa shape index (κ3) is 5.62. The number of ketones is 1. The summed E-state index contributed by atoms with van der Waals surface area (Å²) in [5, 5.41) is 5.10. The van der Waals surface area contributed by atoms with Crippen LogP contribution in [0.3, 0.4) is 0 Å². The first-order chi connectivity index (χ1) is 12.5. The van der Waals surface area contributed by atoms with E-state index >= 15 is 0 Å². The summed E-state index contributed by atoms with van der Waals surface area (Å²) in [6.07, 6.45) is 0. The predicted molar refractivity (Wildman–Crippen MR) is 96.6 cm³/mol. The number of hydrogen-bond acceptors (Lipinski definition) is 5. The number of rotatable bonds is 8. The third-order valence-electron chi connectivity index (χ3n) is 3.45. The topological polar surface area (TPSA) is 93.7 Å². The quantitative estimate of drug-likeness (QED) is 0.706. The van der Waals surface area contributed by atoms with Crippen molar-refractivity contribution in [1.29, 1.82) is 0 Å². The van der Waals surface area contributed by atoms with Gasteiger partial charge in [0.1, 0.15) is 0 Å². The van der Waals surface area contributed by atoms with E-state index in [4.69, 9.17) is 9.47 Å². The van der Waals surface area contributed by atoms with Gasteiger partial charge in [0.2, 0.25) is 5.91 Å². The van der Waals surface area contributed by atoms with Gasteiger partial charge >= 0.3 is 0 Å². The second-order valence-corrected chi connectivity index (χ2v) is 5.40. The van der Waals surface area contributed by atoms with Gasteiger partial charge in [-0.1, -0.05) is 12.1 Å². The molecule has 2 aromatic carbocycles. The van der Waals surface area contributed by atoms with E-state index in [2.05, 4.69) is 10.6 Å². The molecule has 0 fully saturated rings. The van der Waals surface area contributed by atoms with Gasteiger partial charge in [-0.3, -0.25) is 14.4 Å². The molecule has 7 nitrogen and oxygen atoms in total. The Kier molecular flexibility index (Phi) is 6.73. The molecule has 136 valence electrons. The van der Waals surface area contributed by atoms with Crippen molar-refractivity contribution in [3.63, 3.8) is 0 Å². The molecule has 2 rings (SSSR count). The average molecular weight is 356 g/mol. The summed E-state index contributed by atoms with van der Waals surface area (Å²) in [5.41, 5.74) is 1.10. The Hall–Kier alpha value is -3.35. The number of carbonyl (C=O) groups is 3. The second-order valence-electron chi connectivity index (χ2n) is 5.40. The number of hydrogen-bond donors (Lipinski definition) is 2. The van der Waals surface area contributed by atoms with Gasteiger partial charge in [0.25, 0.3) is 5.91 Å². The number of ether oxygens (including phenoxy) is 2. The lowest BCUT2D eigenvalue weighted by atomic mass is 10.1. The fourth-order valence-corrected chi connectivity index (χ4v) is 2.10. The fraction of sp³-hybridized carbons (Fsp3) is 0.211. The Morgan fingerprint density at radius 3 is 2.19 bits per heavy atom. The third-order valence-corrected chi connectivity index (χ3v) is 3.45. The van der Waals surface area contributed by atoms with Crippen LogP contribution in [0.2, 0.25) is 0 Å². The second kappa shape index (κ2) is 9.22. The van der Waals surface area contributed by atoms with Crippen LogP contribution in [0.4, 0.5) is 5.69 Å². The van der Waals surface area contributed by atoms with E-state index in [1.807, 2.05) is 0 Å². The summed E-state index contributed by atoms with van der Waals surface area (Å²) in [4.78, 5) is 34.9. The number of amides is 2. The van der Waals surface area contributed by atoms with Crippen molar-refractivity contribution in [3.8, 4) is 11.5 Å². The van der Waals surface area contributed by atoms with E-state index < -0.39 is 5.91 Å². The first kappa shape index (κ1) is 19.0. The number of anilines is 1. The van der Waals surface area contributed by atoms with E-state index in [0.29, 0.717) is 22.7 Å². The lowest BCUT2D eigenvalue weighted by molar-refractivity contribution is -0.125. The summed E-state index contributed by atoms with van der Waals surface area (Å²) < 4.78 is 10.5. The van der Waals surface area contributed by atoms with E-state index in [1.54, 1.807) is 48.5 Å². The molecular formula is C19H20N2O5. The van der Waals surface area contributed by atoms with Gasteiger partial charge in [-0.25, -0.2) is 0 Å². The Morgan fingerprint density at radius 1 is 0.923 bits per heavy atom. The standard InChI is InChI=1S/C19H20N2O5/c1-13(22)14-7-9-15(10-8-14)21-18(23)11-20-19(24)12-26-17-6-4-3-5-16(17)25-2/h3-10H,11-12H2,1-2H3,(H,20,24)(H,21,23). The minimum Gasteiger partial charge on any atom is -0.493 e. The number of benzene rings is 2. The Labute approximate surface area is 151 Å². The Balaban J connectivity index is 1.76. The summed E-state index contributed by atoms with van der Waals surface area (Å²) >= 11 is 0. The molecule has 0 heterocycles. The largest absolute Gasteiger partial charge is 0.493 e. The molecular weight excluding hydrogens is 336 g/mol. The summed E-state index contributed by atoms with van der Waals surface area (Å²) in [6, 6.07) is 13.5. The maximum atomic E-state index is 11.9. The van der Waals surface area contributed by atoms with E-state index in [1.165, 1.54) is 14.0 Å². The first-order valence-electron chi connectivity index (χ1n) is 7.93. The van der Waals surface area contributed by atoms with Crippen molar-refractivity contribution in [3.05, 3.63) is 54.1 Å². The molecule has 0 bridgehead atoms. The van der Waals surface area contributed by atoms with Gasteiger partial charge in [0, 0.05) is 11.3 Å². The van der Waals surface area contributed by atoms with Crippen molar-refractivity contribution >= 4 is 23.3 Å². The number of para-hydroxylation sites is 2. The lowest BCUT2D eigenvalue weighted by Crippen LogP contribution is -2.35. The SMILES string of the molecule is COc1ccccc1OCC(=O)NCC(=O)Nc1ccc(C(C)=O)cc1. The highest BCUT2D eigenvalue weighted by Crippen LogP contribution is 2.25. The molecule has 2 amide bonds. The van der Waals surface area contributed by atoms with Crippen molar-refractivity contribution in [1.82, 2.24) is 5.32 Å². The molecule has 26 heavy (non-hydrogen) atoms. The number of carbonyl (C=O) groups excluding carboxylic acids is 3. The Bertz CT molecular complexity index is 787. The van der Waals surface area contributed by atoms with Crippen LogP contribution in [0, 0.1) is 0 Å². The molecule has 0 aliphatic carbocycles. The van der Waals surface area contributed by atoms with Crippen LogP contribution in [-0.2, 0) is 9.59 Å². The zero-order valence-electron chi connectivity index (χ0n) is 14.6. The first-order valence-corrected chi connectivity index (χ1v) is 7.93. The van der Waals surface area contributed by atoms with Gasteiger partial charge < -0.3 is 20.1 Å². The number of nitrogens with one attached hydrogen (secondary N) is 2. The molecule has 0 aromatic heterocycles. The average Bonchev–Trinajstić information content (AvgIpc) is 2.65. The molecule has 0 spiro atoms. The normalized spacial score (nSPS) is 9.92. The van der Waals surface area contributed by atoms with Crippen molar-refractivity contribution in [2.75, 3.05) is 25.6 Å². The van der Waals surface area contributed by atoms with Crippen molar-refractivity contribution in [2.24, 2.45) is 0 Å². The molecule has 0 saturated carbocycles. The molecule has 0 aliphatic rings. The van der Waals surface area contributed by atoms with Crippen molar-refractivity contribution < 1.29 is 23.9 Å². The van der Waals surface area contributed by atoms with Gasteiger partial charge in [-0.05, 0) is 43.3 Å². The molecule has 2 aromatic rings. The van der Waals surface area contributed by atoms with Crippen LogP contribution in [0.15, 0.2) is 48.5 Å². The maximum Gasteiger partial charge on any atom is 0.258 e. The van der Waals surface area contributed by atoms with Crippen LogP contribution in [0.1, 0.15) is 17.3 Å². The molecule has 0 atom stereocenters. The highest BCUT2D eigenvalue weighted by Gasteiger charge is 2.09. The summed E-state index contributed by atoms with van der Waals surface area (Å²) in [7, 11) is 1.51. The maximum absolute atomic E-state index is 11.9. The van der Waals surface area contributed by atoms with Gasteiger partial charge in [-0.15, -0.1) is 0 Å². The molecule has 7 heteroatoms. The van der Waals surface area contributed by atoms with E-state index in [9.17, 15) is 14.4 Å². The zero-order chi connectivity index (χ0) is 18.9.